The summed E-state index contributed by atoms with van der Waals surface area (Å²) in [5, 5.41) is 17.5. The second-order valence-corrected chi connectivity index (χ2v) is 3.70. The van der Waals surface area contributed by atoms with Crippen LogP contribution in [0, 0.1) is 22.7 Å². The molecule has 2 rings (SSSR count). The standard InChI is InChI=1S/C11H12N4/c12-6-3-5-11-14-9(8-13)10-4-1-2-7-15(10)11/h1-5,7H2. The zero-order valence-corrected chi connectivity index (χ0v) is 8.53. The van der Waals surface area contributed by atoms with Crippen molar-refractivity contribution in [2.45, 2.75) is 38.6 Å². The number of aryl methyl sites for hydroxylation is 1. The van der Waals surface area contributed by atoms with Crippen LogP contribution in [0.25, 0.3) is 0 Å². The van der Waals surface area contributed by atoms with E-state index in [1.165, 1.54) is 0 Å². The van der Waals surface area contributed by atoms with Gasteiger partial charge < -0.3 is 4.57 Å². The van der Waals surface area contributed by atoms with Crippen LogP contribution >= 0.6 is 0 Å². The van der Waals surface area contributed by atoms with Gasteiger partial charge in [-0.2, -0.15) is 10.5 Å². The van der Waals surface area contributed by atoms with Crippen LogP contribution in [0.2, 0.25) is 0 Å². The third-order valence-electron chi connectivity index (χ3n) is 2.76. The molecule has 0 spiro atoms. The molecule has 0 N–H and O–H groups in total. The predicted molar refractivity (Wildman–Crippen MR) is 53.8 cm³/mol. The van der Waals surface area contributed by atoms with Gasteiger partial charge in [0.2, 0.25) is 0 Å². The minimum Gasteiger partial charge on any atom is -0.331 e. The molecular formula is C11H12N4. The fourth-order valence-electron chi connectivity index (χ4n) is 2.07. The average Bonchev–Trinajstić information content (AvgIpc) is 2.65. The molecule has 0 saturated carbocycles. The van der Waals surface area contributed by atoms with E-state index in [1.54, 1.807) is 0 Å². The number of fused-ring (bicyclic) bond motifs is 1. The number of aromatic nitrogens is 2. The molecule has 0 amide bonds. The summed E-state index contributed by atoms with van der Waals surface area (Å²) < 4.78 is 2.12. The SMILES string of the molecule is N#CCCc1nc(C#N)c2n1CCCC2. The van der Waals surface area contributed by atoms with Crippen LogP contribution in [0.1, 0.15) is 36.5 Å². The molecule has 1 aliphatic heterocycles. The van der Waals surface area contributed by atoms with E-state index in [0.717, 1.165) is 37.3 Å². The number of hydrogen-bond acceptors (Lipinski definition) is 3. The summed E-state index contributed by atoms with van der Waals surface area (Å²) in [4.78, 5) is 4.30. The Balaban J connectivity index is 2.35. The first-order valence-corrected chi connectivity index (χ1v) is 5.22. The van der Waals surface area contributed by atoms with E-state index >= 15 is 0 Å². The lowest BCUT2D eigenvalue weighted by atomic mass is 10.1. The van der Waals surface area contributed by atoms with Crippen molar-refractivity contribution in [2.75, 3.05) is 0 Å². The van der Waals surface area contributed by atoms with Gasteiger partial charge >= 0.3 is 0 Å². The lowest BCUT2D eigenvalue weighted by Crippen LogP contribution is -2.13. The smallest absolute Gasteiger partial charge is 0.161 e. The molecule has 0 saturated heterocycles. The maximum absolute atomic E-state index is 8.94. The zero-order valence-electron chi connectivity index (χ0n) is 8.53. The highest BCUT2D eigenvalue weighted by Gasteiger charge is 2.19. The van der Waals surface area contributed by atoms with Crippen LogP contribution in [0.15, 0.2) is 0 Å². The molecular weight excluding hydrogens is 188 g/mol. The summed E-state index contributed by atoms with van der Waals surface area (Å²) in [6.45, 7) is 0.949. The van der Waals surface area contributed by atoms with E-state index in [0.29, 0.717) is 18.5 Å². The number of imidazole rings is 1. The van der Waals surface area contributed by atoms with Crippen molar-refractivity contribution in [3.63, 3.8) is 0 Å². The van der Waals surface area contributed by atoms with Gasteiger partial charge in [0.1, 0.15) is 11.9 Å². The molecule has 1 aromatic rings. The second-order valence-electron chi connectivity index (χ2n) is 3.70. The monoisotopic (exact) mass is 200 g/mol. The molecule has 0 unspecified atom stereocenters. The molecule has 4 heteroatoms. The highest BCUT2D eigenvalue weighted by molar-refractivity contribution is 5.30. The molecule has 0 aromatic carbocycles. The van der Waals surface area contributed by atoms with E-state index in [9.17, 15) is 0 Å². The molecule has 1 aliphatic rings. The Bertz CT molecular complexity index is 444. The van der Waals surface area contributed by atoms with Gasteiger partial charge in [0.25, 0.3) is 0 Å². The Morgan fingerprint density at radius 1 is 1.33 bits per heavy atom. The predicted octanol–water partition coefficient (Wildman–Crippen LogP) is 1.55. The third kappa shape index (κ3) is 1.71. The second kappa shape index (κ2) is 4.14. The lowest BCUT2D eigenvalue weighted by molar-refractivity contribution is 0.514. The first kappa shape index (κ1) is 9.73. The number of hydrogen-bond donors (Lipinski definition) is 0. The molecule has 4 nitrogen and oxygen atoms in total. The largest absolute Gasteiger partial charge is 0.331 e. The van der Waals surface area contributed by atoms with Crippen molar-refractivity contribution in [3.05, 3.63) is 17.2 Å². The van der Waals surface area contributed by atoms with Gasteiger partial charge in [0, 0.05) is 19.4 Å². The minimum atomic E-state index is 0.474. The van der Waals surface area contributed by atoms with E-state index < -0.39 is 0 Å². The summed E-state index contributed by atoms with van der Waals surface area (Å²) in [7, 11) is 0. The van der Waals surface area contributed by atoms with Crippen LogP contribution in [0.5, 0.6) is 0 Å². The summed E-state index contributed by atoms with van der Waals surface area (Å²) in [5.74, 6) is 0.905. The van der Waals surface area contributed by atoms with Crippen LogP contribution in [0.4, 0.5) is 0 Å². The van der Waals surface area contributed by atoms with Crippen molar-refractivity contribution in [3.8, 4) is 12.1 Å². The number of nitriles is 2. The Labute approximate surface area is 88.8 Å². The van der Waals surface area contributed by atoms with Crippen LogP contribution in [-0.4, -0.2) is 9.55 Å². The first-order valence-electron chi connectivity index (χ1n) is 5.22. The van der Waals surface area contributed by atoms with Crippen LogP contribution in [-0.2, 0) is 19.4 Å². The summed E-state index contributed by atoms with van der Waals surface area (Å²) >= 11 is 0. The van der Waals surface area contributed by atoms with Crippen molar-refractivity contribution >= 4 is 0 Å². The molecule has 0 bridgehead atoms. The molecule has 76 valence electrons. The molecule has 2 heterocycles. The van der Waals surface area contributed by atoms with E-state index in [4.69, 9.17) is 10.5 Å². The summed E-state index contributed by atoms with van der Waals surface area (Å²) in [6, 6.07) is 4.25. The third-order valence-corrected chi connectivity index (χ3v) is 2.76. The molecule has 0 fully saturated rings. The van der Waals surface area contributed by atoms with E-state index in [1.807, 2.05) is 0 Å². The number of rotatable bonds is 2. The maximum Gasteiger partial charge on any atom is 0.161 e. The van der Waals surface area contributed by atoms with Gasteiger partial charge in [0.05, 0.1) is 11.8 Å². The summed E-state index contributed by atoms with van der Waals surface area (Å²) in [6.07, 6.45) is 4.36. The highest BCUT2D eigenvalue weighted by Crippen LogP contribution is 2.21. The molecule has 0 aliphatic carbocycles. The van der Waals surface area contributed by atoms with Gasteiger partial charge in [-0.15, -0.1) is 0 Å². The van der Waals surface area contributed by atoms with Crippen molar-refractivity contribution < 1.29 is 0 Å². The molecule has 15 heavy (non-hydrogen) atoms. The van der Waals surface area contributed by atoms with Crippen molar-refractivity contribution in [1.82, 2.24) is 9.55 Å². The van der Waals surface area contributed by atoms with Crippen LogP contribution in [0.3, 0.4) is 0 Å². The molecule has 0 radical (unpaired) electrons. The molecule has 1 aromatic heterocycles. The Morgan fingerprint density at radius 3 is 2.93 bits per heavy atom. The average molecular weight is 200 g/mol. The van der Waals surface area contributed by atoms with Crippen LogP contribution < -0.4 is 0 Å². The van der Waals surface area contributed by atoms with E-state index in [2.05, 4.69) is 21.7 Å². The fraction of sp³-hybridized carbons (Fsp3) is 0.545. The van der Waals surface area contributed by atoms with E-state index in [-0.39, 0.29) is 0 Å². The van der Waals surface area contributed by atoms with Gasteiger partial charge in [-0.1, -0.05) is 0 Å². The Hall–Kier alpha value is -1.81. The van der Waals surface area contributed by atoms with Gasteiger partial charge in [-0.3, -0.25) is 0 Å². The first-order chi connectivity index (χ1) is 7.36. The van der Waals surface area contributed by atoms with Crippen molar-refractivity contribution in [1.29, 1.82) is 10.5 Å². The van der Waals surface area contributed by atoms with Gasteiger partial charge in [-0.05, 0) is 19.3 Å². The zero-order chi connectivity index (χ0) is 10.7. The normalized spacial score (nSPS) is 14.0. The Kier molecular flexibility index (Phi) is 2.69. The quantitative estimate of drug-likeness (QED) is 0.727. The van der Waals surface area contributed by atoms with Gasteiger partial charge in [-0.25, -0.2) is 4.98 Å². The lowest BCUT2D eigenvalue weighted by Gasteiger charge is -2.16. The topological polar surface area (TPSA) is 65.4 Å². The van der Waals surface area contributed by atoms with Gasteiger partial charge in [0.15, 0.2) is 5.69 Å². The molecule has 0 atom stereocenters. The maximum atomic E-state index is 8.94. The number of nitrogens with zero attached hydrogens (tertiary/aromatic N) is 4. The highest BCUT2D eigenvalue weighted by atomic mass is 15.1. The fourth-order valence-corrected chi connectivity index (χ4v) is 2.07. The minimum absolute atomic E-state index is 0.474. The summed E-state index contributed by atoms with van der Waals surface area (Å²) in [5.41, 5.74) is 1.62. The van der Waals surface area contributed by atoms with Crippen molar-refractivity contribution in [2.24, 2.45) is 0 Å². The Morgan fingerprint density at radius 2 is 2.20 bits per heavy atom.